The van der Waals surface area contributed by atoms with Crippen LogP contribution in [0.3, 0.4) is 0 Å². The maximum absolute atomic E-state index is 14.0. The van der Waals surface area contributed by atoms with E-state index in [-0.39, 0.29) is 5.75 Å². The fourth-order valence-corrected chi connectivity index (χ4v) is 2.82. The highest BCUT2D eigenvalue weighted by Gasteiger charge is 2.15. The molecule has 3 aromatic heterocycles. The molecule has 0 aliphatic rings. The van der Waals surface area contributed by atoms with Crippen molar-refractivity contribution in [3.63, 3.8) is 0 Å². The van der Waals surface area contributed by atoms with Crippen LogP contribution in [0.2, 0.25) is 0 Å². The van der Waals surface area contributed by atoms with Crippen molar-refractivity contribution in [2.75, 3.05) is 0 Å². The fourth-order valence-electron chi connectivity index (χ4n) is 2.82. The van der Waals surface area contributed by atoms with Gasteiger partial charge in [0.25, 0.3) is 0 Å². The third-order valence-corrected chi connectivity index (χ3v) is 4.09. The van der Waals surface area contributed by atoms with E-state index in [1.807, 2.05) is 18.2 Å². The van der Waals surface area contributed by atoms with Crippen molar-refractivity contribution < 1.29 is 14.2 Å². The van der Waals surface area contributed by atoms with Crippen molar-refractivity contribution in [3.8, 4) is 22.6 Å². The number of nitrogens with zero attached hydrogens (tertiary/aromatic N) is 3. The van der Waals surface area contributed by atoms with Gasteiger partial charge in [-0.1, -0.05) is 12.1 Å². The van der Waals surface area contributed by atoms with Crippen molar-refractivity contribution in [3.05, 3.63) is 78.6 Å². The summed E-state index contributed by atoms with van der Waals surface area (Å²) in [6.07, 6.45) is 4.38. The number of rotatable bonds is 4. The summed E-state index contributed by atoms with van der Waals surface area (Å²) in [5.41, 5.74) is 3.00. The SMILES string of the molecule is CC(O)c1cc(-c2ccn3nccc(Oc4ccccc4F)c23)ccn1. The van der Waals surface area contributed by atoms with E-state index in [1.165, 1.54) is 6.07 Å². The number of fused-ring (bicyclic) bond motifs is 1. The third-order valence-electron chi connectivity index (χ3n) is 4.09. The first-order valence-corrected chi connectivity index (χ1v) is 8.16. The minimum Gasteiger partial charge on any atom is -0.452 e. The van der Waals surface area contributed by atoms with Crippen LogP contribution in [-0.2, 0) is 0 Å². The Morgan fingerprint density at radius 3 is 2.73 bits per heavy atom. The molecule has 0 amide bonds. The van der Waals surface area contributed by atoms with Crippen LogP contribution in [-0.4, -0.2) is 19.7 Å². The molecule has 0 aliphatic carbocycles. The van der Waals surface area contributed by atoms with Crippen molar-refractivity contribution in [2.24, 2.45) is 0 Å². The molecule has 1 unspecified atom stereocenters. The molecule has 1 atom stereocenters. The Morgan fingerprint density at radius 2 is 1.92 bits per heavy atom. The molecule has 6 heteroatoms. The van der Waals surface area contributed by atoms with E-state index in [4.69, 9.17) is 4.74 Å². The summed E-state index contributed by atoms with van der Waals surface area (Å²) in [6.45, 7) is 1.66. The first kappa shape index (κ1) is 16.2. The van der Waals surface area contributed by atoms with Gasteiger partial charge in [-0.25, -0.2) is 8.91 Å². The molecule has 0 spiro atoms. The zero-order valence-electron chi connectivity index (χ0n) is 14.0. The Morgan fingerprint density at radius 1 is 1.08 bits per heavy atom. The zero-order valence-corrected chi connectivity index (χ0v) is 14.0. The number of aliphatic hydroxyl groups excluding tert-OH is 1. The molecule has 3 heterocycles. The van der Waals surface area contributed by atoms with Gasteiger partial charge in [0, 0.05) is 24.0 Å². The number of hydrogen-bond acceptors (Lipinski definition) is 4. The van der Waals surface area contributed by atoms with Gasteiger partial charge in [-0.05, 0) is 42.8 Å². The molecule has 4 aromatic rings. The lowest BCUT2D eigenvalue weighted by Crippen LogP contribution is -1.96. The van der Waals surface area contributed by atoms with E-state index < -0.39 is 11.9 Å². The molecule has 1 N–H and O–H groups in total. The van der Waals surface area contributed by atoms with Crippen LogP contribution in [0.25, 0.3) is 16.6 Å². The first-order valence-electron chi connectivity index (χ1n) is 8.16. The smallest absolute Gasteiger partial charge is 0.165 e. The van der Waals surface area contributed by atoms with Gasteiger partial charge in [0.2, 0.25) is 0 Å². The van der Waals surface area contributed by atoms with E-state index >= 15 is 0 Å². The highest BCUT2D eigenvalue weighted by molar-refractivity contribution is 5.85. The summed E-state index contributed by atoms with van der Waals surface area (Å²) in [4.78, 5) is 4.18. The molecule has 0 saturated heterocycles. The molecular weight excluding hydrogens is 333 g/mol. The monoisotopic (exact) mass is 349 g/mol. The molecular formula is C20H16FN3O2. The highest BCUT2D eigenvalue weighted by atomic mass is 19.1. The first-order chi connectivity index (χ1) is 12.6. The van der Waals surface area contributed by atoms with Gasteiger partial charge in [-0.3, -0.25) is 4.98 Å². The minimum absolute atomic E-state index is 0.146. The van der Waals surface area contributed by atoms with Crippen molar-refractivity contribution in [1.29, 1.82) is 0 Å². The Labute approximate surface area is 149 Å². The molecule has 0 saturated carbocycles. The van der Waals surface area contributed by atoms with Gasteiger partial charge in [0.1, 0.15) is 5.52 Å². The normalized spacial score (nSPS) is 12.3. The van der Waals surface area contributed by atoms with Crippen LogP contribution < -0.4 is 4.74 Å². The lowest BCUT2D eigenvalue weighted by Gasteiger charge is -2.10. The van der Waals surface area contributed by atoms with E-state index in [2.05, 4.69) is 10.1 Å². The molecule has 0 fully saturated rings. The van der Waals surface area contributed by atoms with Gasteiger partial charge in [-0.2, -0.15) is 5.10 Å². The predicted molar refractivity (Wildman–Crippen MR) is 95.5 cm³/mol. The number of pyridine rings is 1. The Hall–Kier alpha value is -3.25. The molecule has 0 bridgehead atoms. The van der Waals surface area contributed by atoms with Crippen molar-refractivity contribution >= 4 is 5.52 Å². The molecule has 130 valence electrons. The van der Waals surface area contributed by atoms with Crippen LogP contribution in [0.15, 0.2) is 67.1 Å². The van der Waals surface area contributed by atoms with Gasteiger partial charge in [-0.15, -0.1) is 0 Å². The number of aliphatic hydroxyl groups is 1. The van der Waals surface area contributed by atoms with Gasteiger partial charge >= 0.3 is 0 Å². The third kappa shape index (κ3) is 2.91. The Kier molecular flexibility index (Phi) is 4.10. The van der Waals surface area contributed by atoms with E-state index in [0.29, 0.717) is 17.0 Å². The highest BCUT2D eigenvalue weighted by Crippen LogP contribution is 2.35. The fraction of sp³-hybridized carbons (Fsp3) is 0.100. The van der Waals surface area contributed by atoms with Crippen LogP contribution in [0.5, 0.6) is 11.5 Å². The maximum atomic E-state index is 14.0. The van der Waals surface area contributed by atoms with Crippen LogP contribution >= 0.6 is 0 Å². The molecule has 0 radical (unpaired) electrons. The van der Waals surface area contributed by atoms with E-state index in [1.54, 1.807) is 54.3 Å². The number of benzene rings is 1. The second-order valence-electron chi connectivity index (χ2n) is 5.90. The van der Waals surface area contributed by atoms with Crippen molar-refractivity contribution in [2.45, 2.75) is 13.0 Å². The van der Waals surface area contributed by atoms with E-state index in [0.717, 1.165) is 11.1 Å². The summed E-state index contributed by atoms with van der Waals surface area (Å²) in [6, 6.07) is 13.5. The van der Waals surface area contributed by atoms with Crippen LogP contribution in [0.1, 0.15) is 18.7 Å². The van der Waals surface area contributed by atoms with Crippen LogP contribution in [0, 0.1) is 5.82 Å². The molecule has 5 nitrogen and oxygen atoms in total. The second-order valence-corrected chi connectivity index (χ2v) is 5.90. The quantitative estimate of drug-likeness (QED) is 0.594. The lowest BCUT2D eigenvalue weighted by atomic mass is 10.1. The number of hydrogen-bond donors (Lipinski definition) is 1. The number of aromatic nitrogens is 3. The molecule has 1 aromatic carbocycles. The average molecular weight is 349 g/mol. The minimum atomic E-state index is -0.670. The van der Waals surface area contributed by atoms with Gasteiger partial charge in [0.05, 0.1) is 18.0 Å². The summed E-state index contributed by atoms with van der Waals surface area (Å²) < 4.78 is 21.5. The Bertz CT molecular complexity index is 1080. The topological polar surface area (TPSA) is 59.7 Å². The Balaban J connectivity index is 1.85. The molecule has 4 rings (SSSR count). The maximum Gasteiger partial charge on any atom is 0.165 e. The summed E-state index contributed by atoms with van der Waals surface area (Å²) in [7, 11) is 0. The summed E-state index contributed by atoms with van der Waals surface area (Å²) in [5.74, 6) is 0.198. The standard InChI is InChI=1S/C20H16FN3O2/c1-13(25)17-12-14(6-9-22-17)15-8-11-24-20(15)19(7-10-23-24)26-18-5-3-2-4-16(18)21/h2-13,25H,1H3. The van der Waals surface area contributed by atoms with Gasteiger partial charge < -0.3 is 9.84 Å². The summed E-state index contributed by atoms with van der Waals surface area (Å²) in [5, 5.41) is 14.1. The van der Waals surface area contributed by atoms with Crippen molar-refractivity contribution in [1.82, 2.24) is 14.6 Å². The lowest BCUT2D eigenvalue weighted by molar-refractivity contribution is 0.194. The largest absolute Gasteiger partial charge is 0.452 e. The van der Waals surface area contributed by atoms with Gasteiger partial charge in [0.15, 0.2) is 17.3 Å². The number of halogens is 1. The zero-order chi connectivity index (χ0) is 18.1. The predicted octanol–water partition coefficient (Wildman–Crippen LogP) is 4.38. The molecule has 0 aliphatic heterocycles. The average Bonchev–Trinajstić information content (AvgIpc) is 3.09. The summed E-state index contributed by atoms with van der Waals surface area (Å²) >= 11 is 0. The number of ether oxygens (including phenoxy) is 1. The molecule has 26 heavy (non-hydrogen) atoms. The van der Waals surface area contributed by atoms with E-state index in [9.17, 15) is 9.50 Å². The second kappa shape index (κ2) is 6.57. The van der Waals surface area contributed by atoms with Crippen LogP contribution in [0.4, 0.5) is 4.39 Å². The number of para-hydroxylation sites is 1.